The topological polar surface area (TPSA) is 93.8 Å². The molecule has 0 atom stereocenters. The standard InChI is InChI=1S/C20H18N6O2/c1-12-8-14(27-10-12)11-28-20-15-6-5-13(9-17(15)26(2)25-20)22-19-18-16(23-24-19)4-3-7-21-18/h3-10H,11H2,1-2H3,(H2,22,23,24). The van der Waals surface area contributed by atoms with Crippen LogP contribution in [0.5, 0.6) is 5.88 Å². The van der Waals surface area contributed by atoms with Crippen molar-refractivity contribution in [3.63, 3.8) is 0 Å². The fourth-order valence-corrected chi connectivity index (χ4v) is 3.19. The summed E-state index contributed by atoms with van der Waals surface area (Å²) in [6.07, 6.45) is 3.46. The van der Waals surface area contributed by atoms with Gasteiger partial charge in [-0.25, -0.2) is 0 Å². The van der Waals surface area contributed by atoms with Crippen LogP contribution in [0.2, 0.25) is 0 Å². The van der Waals surface area contributed by atoms with Crippen LogP contribution < -0.4 is 10.1 Å². The average Bonchev–Trinajstić information content (AvgIpc) is 3.39. The third-order valence-corrected chi connectivity index (χ3v) is 4.54. The summed E-state index contributed by atoms with van der Waals surface area (Å²) in [5, 5.41) is 16.0. The van der Waals surface area contributed by atoms with Gasteiger partial charge in [0.25, 0.3) is 0 Å². The Morgan fingerprint density at radius 1 is 1.25 bits per heavy atom. The van der Waals surface area contributed by atoms with E-state index in [2.05, 4.69) is 25.6 Å². The van der Waals surface area contributed by atoms with Crippen LogP contribution in [0.4, 0.5) is 11.5 Å². The molecule has 8 nitrogen and oxygen atoms in total. The molecule has 8 heteroatoms. The molecule has 4 heterocycles. The van der Waals surface area contributed by atoms with Crippen LogP contribution in [0.3, 0.4) is 0 Å². The number of aromatic nitrogens is 5. The van der Waals surface area contributed by atoms with Gasteiger partial charge in [0, 0.05) is 18.9 Å². The zero-order valence-corrected chi connectivity index (χ0v) is 15.4. The first-order chi connectivity index (χ1) is 13.7. The molecule has 0 aliphatic heterocycles. The molecular formula is C20H18N6O2. The lowest BCUT2D eigenvalue weighted by molar-refractivity contribution is 0.261. The second-order valence-corrected chi connectivity index (χ2v) is 6.64. The molecule has 0 spiro atoms. The lowest BCUT2D eigenvalue weighted by atomic mass is 10.2. The number of aromatic amines is 1. The lowest BCUT2D eigenvalue weighted by Gasteiger charge is -2.04. The van der Waals surface area contributed by atoms with Crippen LogP contribution in [0.25, 0.3) is 21.9 Å². The number of fused-ring (bicyclic) bond motifs is 2. The molecule has 4 aromatic heterocycles. The van der Waals surface area contributed by atoms with Crippen LogP contribution in [-0.2, 0) is 13.7 Å². The summed E-state index contributed by atoms with van der Waals surface area (Å²) in [5.74, 6) is 2.03. The number of ether oxygens (including phenoxy) is 1. The van der Waals surface area contributed by atoms with Crippen LogP contribution in [-0.4, -0.2) is 25.0 Å². The molecule has 5 aromatic rings. The summed E-state index contributed by atoms with van der Waals surface area (Å²) >= 11 is 0. The Morgan fingerprint density at radius 3 is 3.04 bits per heavy atom. The van der Waals surface area contributed by atoms with Gasteiger partial charge < -0.3 is 14.5 Å². The van der Waals surface area contributed by atoms with Gasteiger partial charge in [0.05, 0.1) is 22.7 Å². The number of hydrogen-bond acceptors (Lipinski definition) is 6. The van der Waals surface area contributed by atoms with E-state index in [1.807, 2.05) is 50.4 Å². The molecule has 0 saturated heterocycles. The first kappa shape index (κ1) is 16.4. The number of hydrogen-bond donors (Lipinski definition) is 2. The van der Waals surface area contributed by atoms with Gasteiger partial charge in [0.2, 0.25) is 5.88 Å². The molecule has 0 saturated carbocycles. The van der Waals surface area contributed by atoms with E-state index in [9.17, 15) is 0 Å². The fourth-order valence-electron chi connectivity index (χ4n) is 3.19. The maximum atomic E-state index is 5.87. The van der Waals surface area contributed by atoms with Gasteiger partial charge in [-0.05, 0) is 48.9 Å². The largest absolute Gasteiger partial charge is 0.468 e. The third kappa shape index (κ3) is 2.84. The highest BCUT2D eigenvalue weighted by molar-refractivity contribution is 5.91. The quantitative estimate of drug-likeness (QED) is 0.482. The van der Waals surface area contributed by atoms with Crippen LogP contribution >= 0.6 is 0 Å². The van der Waals surface area contributed by atoms with Gasteiger partial charge in [-0.2, -0.15) is 5.10 Å². The molecule has 0 aliphatic rings. The SMILES string of the molecule is Cc1coc(COc2nn(C)c3cc(Nc4n[nH]c5cccnc45)ccc23)c1. The minimum atomic E-state index is 0.338. The third-order valence-electron chi connectivity index (χ3n) is 4.54. The molecular weight excluding hydrogens is 356 g/mol. The number of aryl methyl sites for hydroxylation is 2. The second-order valence-electron chi connectivity index (χ2n) is 6.64. The molecule has 0 bridgehead atoms. The number of pyridine rings is 1. The Kier molecular flexibility index (Phi) is 3.75. The van der Waals surface area contributed by atoms with Crippen molar-refractivity contribution in [1.82, 2.24) is 25.0 Å². The van der Waals surface area contributed by atoms with Gasteiger partial charge in [-0.3, -0.25) is 14.8 Å². The van der Waals surface area contributed by atoms with E-state index in [0.717, 1.165) is 38.9 Å². The Hall–Kier alpha value is -3.81. The van der Waals surface area contributed by atoms with Gasteiger partial charge in [0.1, 0.15) is 17.9 Å². The number of nitrogens with zero attached hydrogens (tertiary/aromatic N) is 4. The van der Waals surface area contributed by atoms with Crippen molar-refractivity contribution in [1.29, 1.82) is 0 Å². The summed E-state index contributed by atoms with van der Waals surface area (Å²) in [6, 6.07) is 11.7. The minimum Gasteiger partial charge on any atom is -0.468 e. The van der Waals surface area contributed by atoms with E-state index < -0.39 is 0 Å². The minimum absolute atomic E-state index is 0.338. The Balaban J connectivity index is 1.42. The molecule has 28 heavy (non-hydrogen) atoms. The average molecular weight is 374 g/mol. The number of furan rings is 1. The first-order valence-corrected chi connectivity index (χ1v) is 8.87. The maximum Gasteiger partial charge on any atom is 0.241 e. The van der Waals surface area contributed by atoms with Gasteiger partial charge in [-0.1, -0.05) is 0 Å². The summed E-state index contributed by atoms with van der Waals surface area (Å²) < 4.78 is 13.1. The normalized spacial score (nSPS) is 11.4. The Bertz CT molecular complexity index is 1280. The van der Waals surface area contributed by atoms with Crippen molar-refractivity contribution in [3.8, 4) is 5.88 Å². The van der Waals surface area contributed by atoms with E-state index in [1.165, 1.54) is 0 Å². The van der Waals surface area contributed by atoms with Crippen molar-refractivity contribution in [2.45, 2.75) is 13.5 Å². The maximum absolute atomic E-state index is 5.87. The molecule has 0 aliphatic carbocycles. The highest BCUT2D eigenvalue weighted by Crippen LogP contribution is 2.29. The zero-order valence-electron chi connectivity index (χ0n) is 15.4. The molecule has 2 N–H and O–H groups in total. The van der Waals surface area contributed by atoms with Crippen LogP contribution in [0.15, 0.2) is 53.3 Å². The van der Waals surface area contributed by atoms with Crippen molar-refractivity contribution in [2.75, 3.05) is 5.32 Å². The van der Waals surface area contributed by atoms with Crippen molar-refractivity contribution in [2.24, 2.45) is 7.05 Å². The number of nitrogens with one attached hydrogen (secondary N) is 2. The van der Waals surface area contributed by atoms with Crippen LogP contribution in [0, 0.1) is 6.92 Å². The smallest absolute Gasteiger partial charge is 0.241 e. The molecule has 0 fully saturated rings. The summed E-state index contributed by atoms with van der Waals surface area (Å²) in [4.78, 5) is 4.37. The predicted molar refractivity (Wildman–Crippen MR) is 106 cm³/mol. The number of rotatable bonds is 5. The van der Waals surface area contributed by atoms with E-state index in [0.29, 0.717) is 18.3 Å². The number of benzene rings is 1. The van der Waals surface area contributed by atoms with Crippen molar-refractivity contribution < 1.29 is 9.15 Å². The summed E-state index contributed by atoms with van der Waals surface area (Å²) in [7, 11) is 1.89. The Labute approximate surface area is 160 Å². The predicted octanol–water partition coefficient (Wildman–Crippen LogP) is 4.07. The summed E-state index contributed by atoms with van der Waals surface area (Å²) in [6.45, 7) is 2.32. The van der Waals surface area contributed by atoms with E-state index in [-0.39, 0.29) is 0 Å². The van der Waals surface area contributed by atoms with Crippen molar-refractivity contribution in [3.05, 3.63) is 60.2 Å². The zero-order chi connectivity index (χ0) is 19.1. The fraction of sp³-hybridized carbons (Fsp3) is 0.150. The van der Waals surface area contributed by atoms with Gasteiger partial charge >= 0.3 is 0 Å². The molecule has 0 unspecified atom stereocenters. The molecule has 0 amide bonds. The lowest BCUT2D eigenvalue weighted by Crippen LogP contribution is -1.96. The second kappa shape index (κ2) is 6.41. The molecule has 5 rings (SSSR count). The van der Waals surface area contributed by atoms with Gasteiger partial charge in [0.15, 0.2) is 5.82 Å². The Morgan fingerprint density at radius 2 is 2.18 bits per heavy atom. The number of anilines is 2. The highest BCUT2D eigenvalue weighted by Gasteiger charge is 2.13. The van der Waals surface area contributed by atoms with Crippen molar-refractivity contribution >= 4 is 33.4 Å². The monoisotopic (exact) mass is 374 g/mol. The molecule has 1 aromatic carbocycles. The van der Waals surface area contributed by atoms with E-state index in [4.69, 9.17) is 9.15 Å². The number of H-pyrrole nitrogens is 1. The van der Waals surface area contributed by atoms with E-state index in [1.54, 1.807) is 17.1 Å². The highest BCUT2D eigenvalue weighted by atomic mass is 16.5. The summed E-state index contributed by atoms with van der Waals surface area (Å²) in [5.41, 5.74) is 4.59. The van der Waals surface area contributed by atoms with E-state index >= 15 is 0 Å². The molecule has 0 radical (unpaired) electrons. The molecule has 140 valence electrons. The first-order valence-electron chi connectivity index (χ1n) is 8.87. The van der Waals surface area contributed by atoms with Gasteiger partial charge in [-0.15, -0.1) is 5.10 Å². The van der Waals surface area contributed by atoms with Crippen LogP contribution in [0.1, 0.15) is 11.3 Å².